The highest BCUT2D eigenvalue weighted by atomic mass is 79.9. The highest BCUT2D eigenvalue weighted by Crippen LogP contribution is 2.24. The van der Waals surface area contributed by atoms with Gasteiger partial charge < -0.3 is 10.1 Å². The highest BCUT2D eigenvalue weighted by Gasteiger charge is 2.08. The molecule has 0 saturated heterocycles. The Labute approximate surface area is 124 Å². The summed E-state index contributed by atoms with van der Waals surface area (Å²) in [4.78, 5) is 4.32. The van der Waals surface area contributed by atoms with Gasteiger partial charge in [-0.15, -0.1) is 0 Å². The number of rotatable bonds is 4. The zero-order chi connectivity index (χ0) is 14.7. The van der Waals surface area contributed by atoms with Crippen LogP contribution >= 0.6 is 15.9 Å². The summed E-state index contributed by atoms with van der Waals surface area (Å²) in [6, 6.07) is 5.75. The second-order valence-corrected chi connectivity index (χ2v) is 5.09. The number of pyridine rings is 1. The molecule has 1 N–H and O–H groups in total. The van der Waals surface area contributed by atoms with Gasteiger partial charge in [0.1, 0.15) is 17.4 Å². The van der Waals surface area contributed by atoms with Crippen LogP contribution < -0.4 is 10.1 Å². The van der Waals surface area contributed by atoms with Crippen molar-refractivity contribution in [1.29, 1.82) is 0 Å². The SMILES string of the molecule is COc1cc(C)nc(CNc2cc(Br)c(F)cc2F)c1. The second-order valence-electron chi connectivity index (χ2n) is 4.24. The molecular weight excluding hydrogens is 330 g/mol. The van der Waals surface area contributed by atoms with Crippen molar-refractivity contribution >= 4 is 21.6 Å². The Balaban J connectivity index is 2.16. The number of hydrogen-bond acceptors (Lipinski definition) is 3. The minimum atomic E-state index is -0.648. The van der Waals surface area contributed by atoms with Crippen molar-refractivity contribution < 1.29 is 13.5 Å². The Kier molecular flexibility index (Phi) is 4.54. The third kappa shape index (κ3) is 3.45. The number of hydrogen-bond donors (Lipinski definition) is 1. The van der Waals surface area contributed by atoms with Crippen molar-refractivity contribution in [3.05, 3.63) is 51.8 Å². The van der Waals surface area contributed by atoms with Crippen LogP contribution in [0.1, 0.15) is 11.4 Å². The lowest BCUT2D eigenvalue weighted by molar-refractivity contribution is 0.413. The summed E-state index contributed by atoms with van der Waals surface area (Å²) < 4.78 is 32.1. The van der Waals surface area contributed by atoms with E-state index in [4.69, 9.17) is 4.74 Å². The number of nitrogens with one attached hydrogen (secondary N) is 1. The fourth-order valence-corrected chi connectivity index (χ4v) is 2.10. The van der Waals surface area contributed by atoms with Gasteiger partial charge in [0, 0.05) is 23.9 Å². The van der Waals surface area contributed by atoms with Crippen LogP contribution in [0.2, 0.25) is 0 Å². The third-order valence-electron chi connectivity index (χ3n) is 2.69. The molecular formula is C14H13BrF2N2O. The first-order valence-corrected chi connectivity index (χ1v) is 6.69. The number of methoxy groups -OCH3 is 1. The Morgan fingerprint density at radius 2 is 1.95 bits per heavy atom. The lowest BCUT2D eigenvalue weighted by Gasteiger charge is -2.10. The van der Waals surface area contributed by atoms with Crippen molar-refractivity contribution in [3.8, 4) is 5.75 Å². The van der Waals surface area contributed by atoms with Crippen molar-refractivity contribution in [2.45, 2.75) is 13.5 Å². The van der Waals surface area contributed by atoms with Crippen LogP contribution in [0.25, 0.3) is 0 Å². The lowest BCUT2D eigenvalue weighted by Crippen LogP contribution is -2.05. The number of aryl methyl sites for hydroxylation is 1. The molecule has 0 aliphatic rings. The largest absolute Gasteiger partial charge is 0.497 e. The lowest BCUT2D eigenvalue weighted by atomic mass is 10.2. The van der Waals surface area contributed by atoms with E-state index in [-0.39, 0.29) is 10.2 Å². The fraction of sp³-hybridized carbons (Fsp3) is 0.214. The second kappa shape index (κ2) is 6.17. The van der Waals surface area contributed by atoms with Gasteiger partial charge in [0.2, 0.25) is 0 Å². The van der Waals surface area contributed by atoms with E-state index in [1.807, 2.05) is 6.92 Å². The Bertz CT molecular complexity index is 635. The van der Waals surface area contributed by atoms with Gasteiger partial charge in [0.15, 0.2) is 0 Å². The molecule has 0 aliphatic heterocycles. The van der Waals surface area contributed by atoms with E-state index in [1.54, 1.807) is 19.2 Å². The summed E-state index contributed by atoms with van der Waals surface area (Å²) in [6.07, 6.45) is 0. The minimum Gasteiger partial charge on any atom is -0.497 e. The molecule has 2 rings (SSSR count). The van der Waals surface area contributed by atoms with Crippen molar-refractivity contribution in [1.82, 2.24) is 4.98 Å². The summed E-state index contributed by atoms with van der Waals surface area (Å²) in [5.41, 5.74) is 1.73. The van der Waals surface area contributed by atoms with Gasteiger partial charge in [-0.2, -0.15) is 0 Å². The van der Waals surface area contributed by atoms with E-state index >= 15 is 0 Å². The zero-order valence-electron chi connectivity index (χ0n) is 11.0. The smallest absolute Gasteiger partial charge is 0.149 e. The Morgan fingerprint density at radius 3 is 2.65 bits per heavy atom. The van der Waals surface area contributed by atoms with Gasteiger partial charge in [0.25, 0.3) is 0 Å². The number of anilines is 1. The first-order valence-electron chi connectivity index (χ1n) is 5.89. The molecule has 0 atom stereocenters. The van der Waals surface area contributed by atoms with Gasteiger partial charge in [0.05, 0.1) is 29.5 Å². The topological polar surface area (TPSA) is 34.1 Å². The average Bonchev–Trinajstić information content (AvgIpc) is 2.40. The predicted molar refractivity (Wildman–Crippen MR) is 76.9 cm³/mol. The van der Waals surface area contributed by atoms with Crippen LogP contribution in [0.3, 0.4) is 0 Å². The van der Waals surface area contributed by atoms with Crippen LogP contribution in [0.4, 0.5) is 14.5 Å². The molecule has 1 aromatic carbocycles. The summed E-state index contributed by atoms with van der Waals surface area (Å²) in [5, 5.41) is 2.89. The molecule has 0 amide bonds. The monoisotopic (exact) mass is 342 g/mol. The summed E-state index contributed by atoms with van der Waals surface area (Å²) in [6.45, 7) is 2.16. The molecule has 20 heavy (non-hydrogen) atoms. The quantitative estimate of drug-likeness (QED) is 0.851. The molecule has 0 saturated carbocycles. The summed E-state index contributed by atoms with van der Waals surface area (Å²) >= 11 is 3.02. The Hall–Kier alpha value is -1.69. The third-order valence-corrected chi connectivity index (χ3v) is 3.29. The van der Waals surface area contributed by atoms with Crippen molar-refractivity contribution in [3.63, 3.8) is 0 Å². The fourth-order valence-electron chi connectivity index (χ4n) is 1.76. The molecule has 1 aromatic heterocycles. The Morgan fingerprint density at radius 1 is 1.20 bits per heavy atom. The molecule has 1 heterocycles. The van der Waals surface area contributed by atoms with Gasteiger partial charge in [-0.25, -0.2) is 8.78 Å². The predicted octanol–water partition coefficient (Wildman–Crippen LogP) is 4.05. The molecule has 0 bridgehead atoms. The molecule has 0 fully saturated rings. The van der Waals surface area contributed by atoms with Crippen LogP contribution in [-0.4, -0.2) is 12.1 Å². The molecule has 3 nitrogen and oxygen atoms in total. The average molecular weight is 343 g/mol. The zero-order valence-corrected chi connectivity index (χ0v) is 12.6. The molecule has 0 radical (unpaired) electrons. The van der Waals surface area contributed by atoms with Gasteiger partial charge in [-0.3, -0.25) is 4.98 Å². The van der Waals surface area contributed by atoms with E-state index in [0.29, 0.717) is 18.0 Å². The number of nitrogens with zero attached hydrogens (tertiary/aromatic N) is 1. The molecule has 6 heteroatoms. The maximum absolute atomic E-state index is 13.6. The normalized spacial score (nSPS) is 10.4. The van der Waals surface area contributed by atoms with Gasteiger partial charge in [-0.1, -0.05) is 0 Å². The summed E-state index contributed by atoms with van der Waals surface area (Å²) in [5.74, 6) is -0.594. The van der Waals surface area contributed by atoms with Crippen LogP contribution in [0.5, 0.6) is 5.75 Å². The molecule has 0 unspecified atom stereocenters. The van der Waals surface area contributed by atoms with Crippen LogP contribution in [-0.2, 0) is 6.54 Å². The molecule has 106 valence electrons. The van der Waals surface area contributed by atoms with E-state index in [0.717, 1.165) is 11.8 Å². The molecule has 0 spiro atoms. The van der Waals surface area contributed by atoms with Crippen LogP contribution in [0, 0.1) is 18.6 Å². The highest BCUT2D eigenvalue weighted by molar-refractivity contribution is 9.10. The molecule has 2 aromatic rings. The van der Waals surface area contributed by atoms with Gasteiger partial charge in [-0.05, 0) is 28.9 Å². The number of aromatic nitrogens is 1. The van der Waals surface area contributed by atoms with E-state index in [2.05, 4.69) is 26.2 Å². The van der Waals surface area contributed by atoms with Gasteiger partial charge >= 0.3 is 0 Å². The maximum Gasteiger partial charge on any atom is 0.149 e. The van der Waals surface area contributed by atoms with Crippen molar-refractivity contribution in [2.75, 3.05) is 12.4 Å². The standard InChI is InChI=1S/C14H13BrF2N2O/c1-8-3-10(20-2)4-9(19-8)7-18-14-5-11(15)12(16)6-13(14)17/h3-6,18H,7H2,1-2H3. The first-order chi connectivity index (χ1) is 9.49. The van der Waals surface area contributed by atoms with Crippen molar-refractivity contribution in [2.24, 2.45) is 0 Å². The molecule has 0 aliphatic carbocycles. The minimum absolute atomic E-state index is 0.205. The number of ether oxygens (including phenoxy) is 1. The number of halogens is 3. The first kappa shape index (κ1) is 14.7. The number of benzene rings is 1. The van der Waals surface area contributed by atoms with E-state index < -0.39 is 11.6 Å². The van der Waals surface area contributed by atoms with E-state index in [1.165, 1.54) is 6.07 Å². The van der Waals surface area contributed by atoms with Crippen LogP contribution in [0.15, 0.2) is 28.7 Å². The van der Waals surface area contributed by atoms with E-state index in [9.17, 15) is 8.78 Å². The maximum atomic E-state index is 13.6. The summed E-state index contributed by atoms with van der Waals surface area (Å²) in [7, 11) is 1.57.